The van der Waals surface area contributed by atoms with Crippen LogP contribution in [0.4, 0.5) is 17.6 Å². The molecule has 0 N–H and O–H groups in total. The van der Waals surface area contributed by atoms with Crippen molar-refractivity contribution < 1.29 is 22.3 Å². The zero-order chi connectivity index (χ0) is 14.9. The van der Waals surface area contributed by atoms with Gasteiger partial charge in [0.15, 0.2) is 17.4 Å². The van der Waals surface area contributed by atoms with Crippen molar-refractivity contribution in [3.05, 3.63) is 57.3 Å². The van der Waals surface area contributed by atoms with Crippen molar-refractivity contribution in [3.8, 4) is 5.75 Å². The predicted octanol–water partition coefficient (Wildman–Crippen LogP) is 4.52. The molecule has 8 heteroatoms. The lowest BCUT2D eigenvalue weighted by Gasteiger charge is -2.10. The van der Waals surface area contributed by atoms with Crippen molar-refractivity contribution >= 4 is 23.2 Å². The van der Waals surface area contributed by atoms with E-state index in [2.05, 4.69) is 4.98 Å². The van der Waals surface area contributed by atoms with Gasteiger partial charge in [0.1, 0.15) is 11.8 Å². The Morgan fingerprint density at radius 1 is 1.00 bits per heavy atom. The van der Waals surface area contributed by atoms with E-state index < -0.39 is 35.6 Å². The molecule has 0 saturated heterocycles. The van der Waals surface area contributed by atoms with E-state index in [0.717, 1.165) is 0 Å². The van der Waals surface area contributed by atoms with Crippen LogP contribution < -0.4 is 4.74 Å². The standard InChI is InChI=1S/C12H5Cl2F4NO/c13-5-1-2-9(14)19-8(5)4-20-12-10(17)6(15)3-7(16)11(12)18/h1-3H,4H2. The Balaban J connectivity index is 2.30. The average molecular weight is 326 g/mol. The Kier molecular flexibility index (Phi) is 4.35. The highest BCUT2D eigenvalue weighted by Crippen LogP contribution is 2.28. The maximum Gasteiger partial charge on any atom is 0.203 e. The first-order valence-corrected chi connectivity index (χ1v) is 5.92. The first-order chi connectivity index (χ1) is 9.40. The Hall–Kier alpha value is -1.53. The van der Waals surface area contributed by atoms with Gasteiger partial charge in [-0.05, 0) is 12.1 Å². The summed E-state index contributed by atoms with van der Waals surface area (Å²) in [7, 11) is 0. The molecule has 106 valence electrons. The van der Waals surface area contributed by atoms with Crippen LogP contribution in [0.2, 0.25) is 10.2 Å². The monoisotopic (exact) mass is 325 g/mol. The molecule has 0 atom stereocenters. The second-order valence-corrected chi connectivity index (χ2v) is 4.44. The maximum atomic E-state index is 13.3. The highest BCUT2D eigenvalue weighted by atomic mass is 35.5. The molecule has 20 heavy (non-hydrogen) atoms. The first kappa shape index (κ1) is 14.9. The maximum absolute atomic E-state index is 13.3. The van der Waals surface area contributed by atoms with Crippen LogP contribution >= 0.6 is 23.2 Å². The van der Waals surface area contributed by atoms with Crippen LogP contribution in [0.3, 0.4) is 0 Å². The smallest absolute Gasteiger partial charge is 0.203 e. The zero-order valence-electron chi connectivity index (χ0n) is 9.56. The molecule has 2 rings (SSSR count). The summed E-state index contributed by atoms with van der Waals surface area (Å²) in [6.45, 7) is -0.504. The fourth-order valence-electron chi connectivity index (χ4n) is 1.38. The number of aromatic nitrogens is 1. The fourth-order valence-corrected chi connectivity index (χ4v) is 1.70. The molecule has 0 aliphatic carbocycles. The molecule has 0 spiro atoms. The van der Waals surface area contributed by atoms with Crippen molar-refractivity contribution in [3.63, 3.8) is 0 Å². The summed E-state index contributed by atoms with van der Waals surface area (Å²) in [5.41, 5.74) is 0.0719. The van der Waals surface area contributed by atoms with Gasteiger partial charge >= 0.3 is 0 Å². The molecule has 1 aromatic heterocycles. The lowest BCUT2D eigenvalue weighted by atomic mass is 10.3. The summed E-state index contributed by atoms with van der Waals surface area (Å²) in [5.74, 6) is -7.59. The number of hydrogen-bond acceptors (Lipinski definition) is 2. The summed E-state index contributed by atoms with van der Waals surface area (Å²) >= 11 is 11.4. The molecule has 2 aromatic rings. The normalized spacial score (nSPS) is 10.7. The molecule has 1 heterocycles. The molecule has 0 aliphatic rings. The van der Waals surface area contributed by atoms with Gasteiger partial charge in [0.2, 0.25) is 11.6 Å². The van der Waals surface area contributed by atoms with Gasteiger partial charge in [-0.15, -0.1) is 0 Å². The van der Waals surface area contributed by atoms with Crippen LogP contribution in [0, 0.1) is 23.3 Å². The van der Waals surface area contributed by atoms with Crippen molar-refractivity contribution in [1.29, 1.82) is 0 Å². The van der Waals surface area contributed by atoms with Crippen LogP contribution in [0.1, 0.15) is 5.69 Å². The summed E-state index contributed by atoms with van der Waals surface area (Å²) in [5, 5.41) is 0.214. The number of pyridine rings is 1. The number of halogens is 6. The molecule has 1 aromatic carbocycles. The van der Waals surface area contributed by atoms with E-state index in [4.69, 9.17) is 27.9 Å². The van der Waals surface area contributed by atoms with E-state index in [9.17, 15) is 17.6 Å². The van der Waals surface area contributed by atoms with Crippen LogP contribution in [-0.4, -0.2) is 4.98 Å². The molecule has 0 aliphatic heterocycles. The summed E-state index contributed by atoms with van der Waals surface area (Å²) in [6.07, 6.45) is 0. The Morgan fingerprint density at radius 3 is 2.20 bits per heavy atom. The van der Waals surface area contributed by atoms with Gasteiger partial charge in [-0.2, -0.15) is 8.78 Å². The largest absolute Gasteiger partial charge is 0.481 e. The lowest BCUT2D eigenvalue weighted by molar-refractivity contribution is 0.258. The van der Waals surface area contributed by atoms with E-state index in [0.29, 0.717) is 0 Å². The Labute approximate surface area is 120 Å². The highest BCUT2D eigenvalue weighted by Gasteiger charge is 2.21. The molecule has 0 unspecified atom stereocenters. The van der Waals surface area contributed by atoms with Gasteiger partial charge in [-0.3, -0.25) is 0 Å². The van der Waals surface area contributed by atoms with Crippen molar-refractivity contribution in [1.82, 2.24) is 4.98 Å². The van der Waals surface area contributed by atoms with E-state index in [1.54, 1.807) is 0 Å². The van der Waals surface area contributed by atoms with Crippen molar-refractivity contribution in [2.75, 3.05) is 0 Å². The highest BCUT2D eigenvalue weighted by molar-refractivity contribution is 6.32. The van der Waals surface area contributed by atoms with Crippen LogP contribution in [0.5, 0.6) is 5.75 Å². The second kappa shape index (κ2) is 5.85. The van der Waals surface area contributed by atoms with Gasteiger partial charge < -0.3 is 4.74 Å². The number of benzene rings is 1. The van der Waals surface area contributed by atoms with Crippen LogP contribution in [0.15, 0.2) is 18.2 Å². The van der Waals surface area contributed by atoms with E-state index in [1.807, 2.05) is 0 Å². The van der Waals surface area contributed by atoms with E-state index in [-0.39, 0.29) is 21.9 Å². The topological polar surface area (TPSA) is 22.1 Å². The van der Waals surface area contributed by atoms with E-state index >= 15 is 0 Å². The average Bonchev–Trinajstić information content (AvgIpc) is 2.40. The number of nitrogens with zero attached hydrogens (tertiary/aromatic N) is 1. The summed E-state index contributed by atoms with van der Waals surface area (Å²) < 4.78 is 57.3. The van der Waals surface area contributed by atoms with Crippen LogP contribution in [0.25, 0.3) is 0 Å². The fraction of sp³-hybridized carbons (Fsp3) is 0.0833. The minimum absolute atomic E-state index is 0.0719. The van der Waals surface area contributed by atoms with E-state index in [1.165, 1.54) is 12.1 Å². The number of hydrogen-bond donors (Lipinski definition) is 0. The third-order valence-corrected chi connectivity index (χ3v) is 2.86. The molecular weight excluding hydrogens is 321 g/mol. The second-order valence-electron chi connectivity index (χ2n) is 3.65. The van der Waals surface area contributed by atoms with Crippen molar-refractivity contribution in [2.45, 2.75) is 6.61 Å². The van der Waals surface area contributed by atoms with Gasteiger partial charge in [-0.1, -0.05) is 23.2 Å². The third kappa shape index (κ3) is 2.96. The van der Waals surface area contributed by atoms with Crippen LogP contribution in [-0.2, 0) is 6.61 Å². The zero-order valence-corrected chi connectivity index (χ0v) is 11.1. The minimum Gasteiger partial charge on any atom is -0.481 e. The molecule has 2 nitrogen and oxygen atoms in total. The predicted molar refractivity (Wildman–Crippen MR) is 64.9 cm³/mol. The van der Waals surface area contributed by atoms with Gasteiger partial charge in [0.05, 0.1) is 10.7 Å². The Bertz CT molecular complexity index is 640. The number of rotatable bonds is 3. The first-order valence-electron chi connectivity index (χ1n) is 5.17. The summed E-state index contributed by atoms with van der Waals surface area (Å²) in [6, 6.07) is 2.88. The molecule has 0 saturated carbocycles. The molecule has 0 amide bonds. The lowest BCUT2D eigenvalue weighted by Crippen LogP contribution is -2.05. The van der Waals surface area contributed by atoms with Gasteiger partial charge in [0, 0.05) is 6.07 Å². The quantitative estimate of drug-likeness (QED) is 0.470. The Morgan fingerprint density at radius 2 is 1.60 bits per heavy atom. The minimum atomic E-state index is -1.64. The SMILES string of the molecule is Fc1cc(F)c(F)c(OCc2nc(Cl)ccc2Cl)c1F. The molecule has 0 fully saturated rings. The molecule has 0 radical (unpaired) electrons. The number of ether oxygens (including phenoxy) is 1. The van der Waals surface area contributed by atoms with Gasteiger partial charge in [0.25, 0.3) is 0 Å². The third-order valence-electron chi connectivity index (χ3n) is 2.31. The molecule has 0 bridgehead atoms. The molecular formula is C12H5Cl2F4NO. The van der Waals surface area contributed by atoms with Gasteiger partial charge in [-0.25, -0.2) is 13.8 Å². The summed E-state index contributed by atoms with van der Waals surface area (Å²) in [4.78, 5) is 3.77. The van der Waals surface area contributed by atoms with Crippen molar-refractivity contribution in [2.24, 2.45) is 0 Å².